The number of aryl methyl sites for hydroxylation is 3. The Morgan fingerprint density at radius 2 is 2.30 bits per heavy atom. The van der Waals surface area contributed by atoms with E-state index in [2.05, 4.69) is 32.2 Å². The van der Waals surface area contributed by atoms with Crippen LogP contribution >= 0.6 is 0 Å². The van der Waals surface area contributed by atoms with Gasteiger partial charge in [-0.2, -0.15) is 0 Å². The van der Waals surface area contributed by atoms with Gasteiger partial charge in [0.25, 0.3) is 5.91 Å². The molecule has 2 aromatic rings. The van der Waals surface area contributed by atoms with E-state index in [1.54, 1.807) is 31.1 Å². The van der Waals surface area contributed by atoms with Crippen LogP contribution in [0.2, 0.25) is 0 Å². The molecular formula is C19H21N7O. The highest BCUT2D eigenvalue weighted by molar-refractivity contribution is 6.04. The molecule has 0 spiro atoms. The monoisotopic (exact) mass is 363 g/mol. The number of amides is 1. The molecule has 0 saturated carbocycles. The van der Waals surface area contributed by atoms with Gasteiger partial charge in [-0.3, -0.25) is 14.8 Å². The van der Waals surface area contributed by atoms with E-state index in [0.29, 0.717) is 12.2 Å². The molecule has 138 valence electrons. The Morgan fingerprint density at radius 1 is 1.41 bits per heavy atom. The van der Waals surface area contributed by atoms with Gasteiger partial charge in [-0.05, 0) is 30.8 Å². The number of hydrogen-bond donors (Lipinski definition) is 1. The van der Waals surface area contributed by atoms with Crippen LogP contribution in [0.5, 0.6) is 0 Å². The van der Waals surface area contributed by atoms with Crippen molar-refractivity contribution in [2.75, 3.05) is 11.9 Å². The van der Waals surface area contributed by atoms with Crippen molar-refractivity contribution in [1.29, 1.82) is 0 Å². The third kappa shape index (κ3) is 4.97. The first kappa shape index (κ1) is 18.2. The van der Waals surface area contributed by atoms with Gasteiger partial charge in [-0.25, -0.2) is 0 Å². The molecule has 1 amide bonds. The number of benzene rings is 1. The summed E-state index contributed by atoms with van der Waals surface area (Å²) < 4.78 is 1.90. The SMILES string of the molecule is C=N/C=C\N1C=C(C(=O)Nc2cccc(CCc3nncn3C)c2)N=CC1. The van der Waals surface area contributed by atoms with E-state index >= 15 is 0 Å². The number of aromatic nitrogens is 3. The van der Waals surface area contributed by atoms with E-state index in [9.17, 15) is 4.79 Å². The number of anilines is 1. The van der Waals surface area contributed by atoms with Crippen LogP contribution in [0.15, 0.2) is 64.9 Å². The Kier molecular flexibility index (Phi) is 5.88. The second-order valence-electron chi connectivity index (χ2n) is 6.02. The predicted molar refractivity (Wildman–Crippen MR) is 105 cm³/mol. The molecule has 0 atom stereocenters. The largest absolute Gasteiger partial charge is 0.345 e. The molecule has 1 aromatic carbocycles. The Labute approximate surface area is 157 Å². The molecule has 1 aliphatic rings. The number of rotatable bonds is 7. The fourth-order valence-electron chi connectivity index (χ4n) is 2.62. The zero-order valence-electron chi connectivity index (χ0n) is 15.1. The third-order valence-corrected chi connectivity index (χ3v) is 4.03. The highest BCUT2D eigenvalue weighted by Crippen LogP contribution is 2.15. The van der Waals surface area contributed by atoms with Gasteiger partial charge in [-0.15, -0.1) is 10.2 Å². The van der Waals surface area contributed by atoms with Crippen LogP contribution in [-0.2, 0) is 24.7 Å². The number of nitrogens with one attached hydrogen (secondary N) is 1. The normalized spacial score (nSPS) is 13.7. The minimum absolute atomic E-state index is 0.263. The number of nitrogens with zero attached hydrogens (tertiary/aromatic N) is 6. The van der Waals surface area contributed by atoms with E-state index in [1.165, 1.54) is 0 Å². The van der Waals surface area contributed by atoms with Gasteiger partial charge in [0.15, 0.2) is 0 Å². The van der Waals surface area contributed by atoms with Gasteiger partial charge < -0.3 is 14.8 Å². The van der Waals surface area contributed by atoms with Gasteiger partial charge in [0.05, 0.1) is 6.54 Å². The van der Waals surface area contributed by atoms with E-state index in [-0.39, 0.29) is 5.91 Å². The van der Waals surface area contributed by atoms with Crippen LogP contribution in [0.1, 0.15) is 11.4 Å². The minimum atomic E-state index is -0.263. The summed E-state index contributed by atoms with van der Waals surface area (Å²) >= 11 is 0. The van der Waals surface area contributed by atoms with Crippen molar-refractivity contribution in [2.45, 2.75) is 12.8 Å². The predicted octanol–water partition coefficient (Wildman–Crippen LogP) is 1.94. The summed E-state index contributed by atoms with van der Waals surface area (Å²) in [5.41, 5.74) is 2.17. The van der Waals surface area contributed by atoms with E-state index in [0.717, 1.165) is 29.9 Å². The average molecular weight is 363 g/mol. The van der Waals surface area contributed by atoms with Gasteiger partial charge in [0.1, 0.15) is 17.8 Å². The molecule has 0 saturated heterocycles. The fraction of sp³-hybridized carbons (Fsp3) is 0.211. The van der Waals surface area contributed by atoms with Crippen molar-refractivity contribution < 1.29 is 4.79 Å². The second kappa shape index (κ2) is 8.70. The van der Waals surface area contributed by atoms with Gasteiger partial charge >= 0.3 is 0 Å². The Balaban J connectivity index is 1.63. The molecule has 0 radical (unpaired) electrons. The molecule has 0 unspecified atom stereocenters. The lowest BCUT2D eigenvalue weighted by Crippen LogP contribution is -2.22. The fourth-order valence-corrected chi connectivity index (χ4v) is 2.62. The van der Waals surface area contributed by atoms with Crippen molar-refractivity contribution in [3.63, 3.8) is 0 Å². The first-order chi connectivity index (χ1) is 13.2. The molecule has 1 aliphatic heterocycles. The number of carbonyl (C=O) groups excluding carboxylic acids is 1. The molecule has 1 N–H and O–H groups in total. The highest BCUT2D eigenvalue weighted by Gasteiger charge is 2.13. The van der Waals surface area contributed by atoms with Crippen molar-refractivity contribution in [1.82, 2.24) is 19.7 Å². The van der Waals surface area contributed by atoms with Crippen LogP contribution in [0.25, 0.3) is 0 Å². The van der Waals surface area contributed by atoms with Crippen molar-refractivity contribution in [3.8, 4) is 0 Å². The molecule has 0 aliphatic carbocycles. The number of carbonyl (C=O) groups is 1. The summed E-state index contributed by atoms with van der Waals surface area (Å²) in [5, 5.41) is 10.9. The molecule has 8 heteroatoms. The summed E-state index contributed by atoms with van der Waals surface area (Å²) in [6.45, 7) is 3.98. The molecule has 1 aromatic heterocycles. The Hall–Kier alpha value is -3.55. The summed E-state index contributed by atoms with van der Waals surface area (Å²) in [4.78, 5) is 22.1. The smallest absolute Gasteiger partial charge is 0.275 e. The molecule has 3 rings (SSSR count). The first-order valence-corrected chi connectivity index (χ1v) is 8.51. The maximum atomic E-state index is 12.5. The van der Waals surface area contributed by atoms with Gasteiger partial charge in [-0.1, -0.05) is 12.1 Å². The standard InChI is InChI=1S/C19H21N7O/c1-20-8-10-26-11-9-21-17(13-26)19(27)23-16-5-3-4-15(12-16)6-7-18-24-22-14-25(18)2/h3-5,8-10,12-14H,1,6-7,11H2,2H3,(H,23,27)/b10-8-. The lowest BCUT2D eigenvalue weighted by atomic mass is 10.1. The van der Waals surface area contributed by atoms with E-state index < -0.39 is 0 Å². The van der Waals surface area contributed by atoms with Crippen LogP contribution < -0.4 is 5.32 Å². The van der Waals surface area contributed by atoms with Crippen LogP contribution in [0.4, 0.5) is 5.69 Å². The molecule has 2 heterocycles. The van der Waals surface area contributed by atoms with Gasteiger partial charge in [0, 0.05) is 44.0 Å². The molecule has 27 heavy (non-hydrogen) atoms. The first-order valence-electron chi connectivity index (χ1n) is 8.51. The number of hydrogen-bond acceptors (Lipinski definition) is 6. The third-order valence-electron chi connectivity index (χ3n) is 4.03. The topological polar surface area (TPSA) is 87.8 Å². The quantitative estimate of drug-likeness (QED) is 0.762. The minimum Gasteiger partial charge on any atom is -0.345 e. The molecule has 8 nitrogen and oxygen atoms in total. The highest BCUT2D eigenvalue weighted by atomic mass is 16.2. The zero-order valence-corrected chi connectivity index (χ0v) is 15.1. The lowest BCUT2D eigenvalue weighted by Gasteiger charge is -2.17. The van der Waals surface area contributed by atoms with Crippen molar-refractivity contribution in [3.05, 3.63) is 66.3 Å². The van der Waals surface area contributed by atoms with E-state index in [4.69, 9.17) is 0 Å². The summed E-state index contributed by atoms with van der Waals surface area (Å²) in [6.07, 6.45) is 9.93. The van der Waals surface area contributed by atoms with Crippen molar-refractivity contribution in [2.24, 2.45) is 17.0 Å². The van der Waals surface area contributed by atoms with Crippen molar-refractivity contribution >= 4 is 24.5 Å². The second-order valence-corrected chi connectivity index (χ2v) is 6.02. The van der Waals surface area contributed by atoms with Crippen LogP contribution in [0.3, 0.4) is 0 Å². The molecule has 0 fully saturated rings. The summed E-state index contributed by atoms with van der Waals surface area (Å²) in [5.74, 6) is 0.662. The average Bonchev–Trinajstić information content (AvgIpc) is 3.10. The molecular weight excluding hydrogens is 342 g/mol. The Bertz CT molecular complexity index is 910. The summed E-state index contributed by atoms with van der Waals surface area (Å²) in [7, 11) is 1.92. The zero-order chi connectivity index (χ0) is 19.1. The lowest BCUT2D eigenvalue weighted by molar-refractivity contribution is -0.112. The maximum absolute atomic E-state index is 12.5. The van der Waals surface area contributed by atoms with E-state index in [1.807, 2.05) is 40.8 Å². The van der Waals surface area contributed by atoms with Gasteiger partial charge in [0.2, 0.25) is 0 Å². The summed E-state index contributed by atoms with van der Waals surface area (Å²) in [6, 6.07) is 7.76. The Morgan fingerprint density at radius 3 is 3.07 bits per heavy atom. The van der Waals surface area contributed by atoms with Crippen LogP contribution in [0, 0.1) is 0 Å². The van der Waals surface area contributed by atoms with Crippen LogP contribution in [-0.4, -0.2) is 45.0 Å². The molecule has 0 bridgehead atoms. The number of aliphatic imine (C=N–C) groups is 2. The maximum Gasteiger partial charge on any atom is 0.275 e.